The normalized spacial score (nSPS) is 14.4. The highest BCUT2D eigenvalue weighted by Gasteiger charge is 2.30. The fourth-order valence-corrected chi connectivity index (χ4v) is 12.2. The summed E-state index contributed by atoms with van der Waals surface area (Å²) in [7, 11) is -9.96. The molecular weight excluding hydrogens is 1310 g/mol. The number of phosphoric acid groups is 2. The van der Waals surface area contributed by atoms with Gasteiger partial charge in [0.25, 0.3) is 0 Å². The second-order valence-electron chi connectivity index (χ2n) is 26.3. The predicted octanol–water partition coefficient (Wildman–Crippen LogP) is 22.8. The Morgan fingerprint density at radius 2 is 0.520 bits per heavy atom. The van der Waals surface area contributed by atoms with Crippen LogP contribution in [-0.4, -0.2) is 96.7 Å². The van der Waals surface area contributed by atoms with Gasteiger partial charge in [0.05, 0.1) is 26.4 Å². The molecule has 0 aromatic carbocycles. The van der Waals surface area contributed by atoms with E-state index in [0.717, 1.165) is 128 Å². The molecule has 5 unspecified atom stereocenters. The first kappa shape index (κ1) is 96.0. The summed E-state index contributed by atoms with van der Waals surface area (Å²) >= 11 is 0. The number of rotatable bonds is 74. The second-order valence-corrected chi connectivity index (χ2v) is 29.2. The molecule has 0 saturated carbocycles. The minimum absolute atomic E-state index is 0.0369. The highest BCUT2D eigenvalue weighted by atomic mass is 31.2. The summed E-state index contributed by atoms with van der Waals surface area (Å²) in [4.78, 5) is 72.9. The van der Waals surface area contributed by atoms with Crippen molar-refractivity contribution in [2.24, 2.45) is 0 Å². The molecule has 0 aromatic heterocycles. The first-order valence-corrected chi connectivity index (χ1v) is 42.5. The molecule has 0 amide bonds. The smallest absolute Gasteiger partial charge is 0.462 e. The number of unbranched alkanes of at least 4 members (excludes halogenated alkanes) is 32. The molecule has 5 atom stereocenters. The van der Waals surface area contributed by atoms with Crippen LogP contribution in [0.4, 0.5) is 0 Å². The molecule has 0 rings (SSSR count). The van der Waals surface area contributed by atoms with Gasteiger partial charge in [-0.15, -0.1) is 0 Å². The minimum atomic E-state index is -4.99. The van der Waals surface area contributed by atoms with Crippen LogP contribution in [0.25, 0.3) is 0 Å². The summed E-state index contributed by atoms with van der Waals surface area (Å²) in [6, 6.07) is 0. The Balaban J connectivity index is 5.38. The van der Waals surface area contributed by atoms with Crippen molar-refractivity contribution in [3.05, 3.63) is 97.2 Å². The van der Waals surface area contributed by atoms with Gasteiger partial charge in [-0.25, -0.2) is 9.13 Å². The van der Waals surface area contributed by atoms with Gasteiger partial charge in [0, 0.05) is 25.7 Å². The van der Waals surface area contributed by atoms with E-state index in [1.54, 1.807) is 0 Å². The van der Waals surface area contributed by atoms with Gasteiger partial charge in [-0.1, -0.05) is 305 Å². The van der Waals surface area contributed by atoms with Gasteiger partial charge in [-0.2, -0.15) is 0 Å². The van der Waals surface area contributed by atoms with E-state index in [1.165, 1.54) is 122 Å². The molecule has 17 nitrogen and oxygen atoms in total. The van der Waals surface area contributed by atoms with Crippen LogP contribution in [0.1, 0.15) is 336 Å². The van der Waals surface area contributed by atoms with E-state index in [1.807, 2.05) is 0 Å². The molecule has 100 heavy (non-hydrogen) atoms. The number of hydrogen-bond donors (Lipinski definition) is 3. The average molecular weight is 1450 g/mol. The largest absolute Gasteiger partial charge is 0.472 e. The maximum absolute atomic E-state index is 13.1. The van der Waals surface area contributed by atoms with Crippen molar-refractivity contribution in [2.75, 3.05) is 39.6 Å². The van der Waals surface area contributed by atoms with Gasteiger partial charge in [-0.3, -0.25) is 37.3 Å². The highest BCUT2D eigenvalue weighted by molar-refractivity contribution is 7.47. The zero-order valence-corrected chi connectivity index (χ0v) is 64.9. The van der Waals surface area contributed by atoms with E-state index in [0.29, 0.717) is 32.1 Å². The van der Waals surface area contributed by atoms with E-state index in [-0.39, 0.29) is 25.7 Å². The van der Waals surface area contributed by atoms with E-state index >= 15 is 0 Å². The maximum Gasteiger partial charge on any atom is 0.472 e. The van der Waals surface area contributed by atoms with Crippen LogP contribution in [0.5, 0.6) is 0 Å². The van der Waals surface area contributed by atoms with Gasteiger partial charge >= 0.3 is 39.5 Å². The van der Waals surface area contributed by atoms with Gasteiger partial charge in [0.2, 0.25) is 0 Å². The lowest BCUT2D eigenvalue weighted by Gasteiger charge is -2.21. The van der Waals surface area contributed by atoms with Gasteiger partial charge in [0.15, 0.2) is 12.2 Å². The summed E-state index contributed by atoms with van der Waals surface area (Å²) in [6.07, 6.45) is 76.8. The van der Waals surface area contributed by atoms with Crippen LogP contribution in [0.15, 0.2) is 97.2 Å². The zero-order chi connectivity index (χ0) is 73.2. The quantitative estimate of drug-likeness (QED) is 0.0169. The SMILES string of the molecule is CC/C=C\C/C=C\C/C=C\C/C=C\CCCCCCC(=O)OCC(COP(=O)(O)OCC(O)COP(=O)(O)OCC(COC(=O)CCCCCCCCCCCCCCCCC)OC(=O)CCCCCCCCCCCCCCC)OC(=O)CCCC/C=C\C/C=C\C/C=C\C/C=C\CC. The van der Waals surface area contributed by atoms with E-state index in [4.69, 9.17) is 37.0 Å². The molecule has 3 N–H and O–H groups in total. The molecule has 0 aliphatic heterocycles. The van der Waals surface area contributed by atoms with E-state index in [9.17, 15) is 43.2 Å². The number of carbonyl (C=O) groups is 4. The molecule has 0 aliphatic rings. The number of allylic oxidation sites excluding steroid dienone is 16. The summed E-state index contributed by atoms with van der Waals surface area (Å²) in [5, 5.41) is 10.6. The number of phosphoric ester groups is 2. The zero-order valence-electron chi connectivity index (χ0n) is 63.1. The Morgan fingerprint density at radius 1 is 0.290 bits per heavy atom. The van der Waals surface area contributed by atoms with Crippen molar-refractivity contribution in [3.63, 3.8) is 0 Å². The fourth-order valence-electron chi connectivity index (χ4n) is 10.6. The molecule has 0 fully saturated rings. The molecular formula is C81H142O17P2. The van der Waals surface area contributed by atoms with Crippen LogP contribution >= 0.6 is 15.6 Å². The number of aliphatic hydroxyl groups excluding tert-OH is 1. The van der Waals surface area contributed by atoms with Crippen molar-refractivity contribution < 1.29 is 80.2 Å². The topological polar surface area (TPSA) is 237 Å². The Bertz CT molecular complexity index is 2270. The Kier molecular flexibility index (Phi) is 70.4. The number of aliphatic hydroxyl groups is 1. The molecule has 0 spiro atoms. The molecule has 0 bridgehead atoms. The van der Waals surface area contributed by atoms with Crippen molar-refractivity contribution in [2.45, 2.75) is 354 Å². The molecule has 0 saturated heterocycles. The summed E-state index contributed by atoms with van der Waals surface area (Å²) < 4.78 is 68.5. The molecule has 19 heteroatoms. The van der Waals surface area contributed by atoms with E-state index in [2.05, 4.69) is 125 Å². The lowest BCUT2D eigenvalue weighted by atomic mass is 10.0. The number of esters is 4. The third-order valence-corrected chi connectivity index (χ3v) is 18.5. The van der Waals surface area contributed by atoms with Gasteiger partial charge in [0.1, 0.15) is 19.3 Å². The first-order valence-electron chi connectivity index (χ1n) is 39.5. The summed E-state index contributed by atoms with van der Waals surface area (Å²) in [5.74, 6) is -2.23. The first-order chi connectivity index (χ1) is 48.7. The van der Waals surface area contributed by atoms with Gasteiger partial charge < -0.3 is 33.8 Å². The Morgan fingerprint density at radius 3 is 0.820 bits per heavy atom. The van der Waals surface area contributed by atoms with Crippen LogP contribution < -0.4 is 0 Å². The third kappa shape index (κ3) is 72.3. The molecule has 0 aliphatic carbocycles. The monoisotopic (exact) mass is 1450 g/mol. The number of ether oxygens (including phenoxy) is 4. The highest BCUT2D eigenvalue weighted by Crippen LogP contribution is 2.45. The number of carbonyl (C=O) groups excluding carboxylic acids is 4. The predicted molar refractivity (Wildman–Crippen MR) is 409 cm³/mol. The fraction of sp³-hybridized carbons (Fsp3) is 0.753. The van der Waals surface area contributed by atoms with Crippen LogP contribution in [0, 0.1) is 0 Å². The summed E-state index contributed by atoms with van der Waals surface area (Å²) in [5.41, 5.74) is 0. The lowest BCUT2D eigenvalue weighted by Crippen LogP contribution is -2.30. The van der Waals surface area contributed by atoms with Crippen LogP contribution in [0.3, 0.4) is 0 Å². The molecule has 0 radical (unpaired) electrons. The van der Waals surface area contributed by atoms with Crippen molar-refractivity contribution in [1.82, 2.24) is 0 Å². The average Bonchev–Trinajstić information content (AvgIpc) is 1.06. The maximum atomic E-state index is 13.1. The summed E-state index contributed by atoms with van der Waals surface area (Å²) in [6.45, 7) is 4.62. The lowest BCUT2D eigenvalue weighted by molar-refractivity contribution is -0.161. The molecule has 0 aromatic rings. The molecule has 0 heterocycles. The second kappa shape index (κ2) is 73.3. The van der Waals surface area contributed by atoms with Crippen molar-refractivity contribution in [1.29, 1.82) is 0 Å². The van der Waals surface area contributed by atoms with Crippen LogP contribution in [-0.2, 0) is 65.4 Å². The van der Waals surface area contributed by atoms with Crippen LogP contribution in [0.2, 0.25) is 0 Å². The number of hydrogen-bond acceptors (Lipinski definition) is 15. The standard InChI is InChI=1S/C81H142O17P2/c1-5-9-13-17-21-25-29-33-36-37-40-43-46-50-54-58-62-66-79(84)92-72-77(98-81(86)68-64-60-56-52-48-44-39-35-31-27-23-19-15-11-7-3)74-96-100(89,90)94-70-75(82)69-93-99(87,88)95-73-76(97-80(85)67-63-59-55-51-47-41-32-28-24-20-16-12-8-4)71-91-78(83)65-61-57-53-49-45-42-38-34-30-26-22-18-14-10-6-2/h9,11,13,15,21,23,25,27,33,35-36,39-40,43,48,52,75-77,82H,5-8,10,12,14,16-20,22,24,26,28-32,34,37-38,41-42,44-47,49-51,53-74H2,1-4H3,(H,87,88)(H,89,90)/b13-9-,15-11-,25-21-,27-23-,36-33-,39-35-,43-40-,52-48-. The van der Waals surface area contributed by atoms with Gasteiger partial charge in [-0.05, 0) is 103 Å². The Labute approximate surface area is 607 Å². The third-order valence-electron chi connectivity index (χ3n) is 16.6. The van der Waals surface area contributed by atoms with Crippen molar-refractivity contribution >= 4 is 39.5 Å². The van der Waals surface area contributed by atoms with E-state index < -0.39 is 97.5 Å². The minimum Gasteiger partial charge on any atom is -0.462 e. The van der Waals surface area contributed by atoms with Crippen molar-refractivity contribution in [3.8, 4) is 0 Å². The molecule has 578 valence electrons. The Hall–Kier alpha value is -4.02.